The highest BCUT2D eigenvalue weighted by atomic mass is 32.2. The topological polar surface area (TPSA) is 17.1 Å². The summed E-state index contributed by atoms with van der Waals surface area (Å²) in [6, 6.07) is 7.98. The molecule has 13 heavy (non-hydrogen) atoms. The average Bonchev–Trinajstić information content (AvgIpc) is 2.45. The second-order valence-electron chi connectivity index (χ2n) is 3.59. The smallest absolute Gasteiger partial charge is 0.215 e. The molecule has 1 aliphatic carbocycles. The summed E-state index contributed by atoms with van der Waals surface area (Å²) in [6.45, 7) is 0. The molecule has 0 aliphatic heterocycles. The molecule has 1 aliphatic rings. The van der Waals surface area contributed by atoms with Crippen LogP contribution in [-0.2, 0) is 17.3 Å². The lowest BCUT2D eigenvalue weighted by Crippen LogP contribution is -2.25. The van der Waals surface area contributed by atoms with Crippen LogP contribution in [0.4, 0.5) is 0 Å². The van der Waals surface area contributed by atoms with Crippen LogP contribution >= 0.6 is 0 Å². The largest absolute Gasteiger partial charge is 0.288 e. The fourth-order valence-corrected chi connectivity index (χ4v) is 2.85. The average molecular weight is 193 g/mol. The van der Waals surface area contributed by atoms with Crippen LogP contribution in [0.1, 0.15) is 15.9 Å². The van der Waals surface area contributed by atoms with Crippen molar-refractivity contribution in [1.29, 1.82) is 0 Å². The minimum absolute atomic E-state index is 0.203. The maximum Gasteiger partial charge on any atom is 0.215 e. The number of Topliss-reactive ketones (excluding diaryl/α,β-unsaturated/α-hetero) is 1. The molecule has 1 nitrogen and oxygen atoms in total. The van der Waals surface area contributed by atoms with Gasteiger partial charge in [0.2, 0.25) is 5.78 Å². The molecule has 0 heterocycles. The summed E-state index contributed by atoms with van der Waals surface area (Å²) in [5.74, 6) is 0.351. The van der Waals surface area contributed by atoms with Crippen LogP contribution in [0.15, 0.2) is 24.3 Å². The monoisotopic (exact) mass is 193 g/mol. The van der Waals surface area contributed by atoms with E-state index >= 15 is 0 Å². The molecule has 2 heteroatoms. The zero-order valence-corrected chi connectivity index (χ0v) is 8.73. The molecule has 0 aromatic heterocycles. The summed E-state index contributed by atoms with van der Waals surface area (Å²) >= 11 is 0. The second kappa shape index (κ2) is 3.18. The molecule has 68 valence electrons. The zero-order valence-electron chi connectivity index (χ0n) is 7.91. The Bertz CT molecular complexity index is 344. The third-order valence-electron chi connectivity index (χ3n) is 2.55. The standard InChI is InChI=1S/C11H13OS/c1-13(2)10-7-8-5-3-4-6-9(8)11(10)12/h3-6,10H,7H2,1-2H3/q+1. The molecule has 0 spiro atoms. The first-order valence-corrected chi connectivity index (χ1v) is 6.49. The molecule has 0 N–H and O–H groups in total. The van der Waals surface area contributed by atoms with E-state index in [1.54, 1.807) is 0 Å². The number of carbonyl (C=O) groups is 1. The van der Waals surface area contributed by atoms with Gasteiger partial charge in [0.1, 0.15) is 0 Å². The Morgan fingerprint density at radius 3 is 2.62 bits per heavy atom. The van der Waals surface area contributed by atoms with Crippen molar-refractivity contribution < 1.29 is 4.79 Å². The van der Waals surface area contributed by atoms with E-state index in [1.165, 1.54) is 5.56 Å². The van der Waals surface area contributed by atoms with Crippen molar-refractivity contribution in [2.24, 2.45) is 0 Å². The first-order valence-electron chi connectivity index (χ1n) is 4.38. The summed E-state index contributed by atoms with van der Waals surface area (Å²) in [5, 5.41) is 0.248. The van der Waals surface area contributed by atoms with Gasteiger partial charge in [-0.15, -0.1) is 0 Å². The van der Waals surface area contributed by atoms with Gasteiger partial charge in [-0.3, -0.25) is 4.79 Å². The Morgan fingerprint density at radius 1 is 1.31 bits per heavy atom. The number of carbonyl (C=O) groups excluding carboxylic acids is 1. The van der Waals surface area contributed by atoms with E-state index in [2.05, 4.69) is 18.6 Å². The maximum absolute atomic E-state index is 11.8. The second-order valence-corrected chi connectivity index (χ2v) is 5.92. The summed E-state index contributed by atoms with van der Waals surface area (Å²) < 4.78 is 0. The fourth-order valence-electron chi connectivity index (χ4n) is 1.79. The van der Waals surface area contributed by atoms with E-state index in [4.69, 9.17) is 0 Å². The van der Waals surface area contributed by atoms with E-state index in [0.717, 1.165) is 12.0 Å². The molecule has 0 saturated carbocycles. The van der Waals surface area contributed by atoms with Crippen molar-refractivity contribution in [3.8, 4) is 0 Å². The van der Waals surface area contributed by atoms with Crippen LogP contribution in [0.2, 0.25) is 0 Å². The maximum atomic E-state index is 11.8. The predicted octanol–water partition coefficient (Wildman–Crippen LogP) is 1.67. The van der Waals surface area contributed by atoms with Crippen molar-refractivity contribution in [3.63, 3.8) is 0 Å². The molecule has 0 saturated heterocycles. The third-order valence-corrected chi connectivity index (χ3v) is 4.07. The van der Waals surface area contributed by atoms with Gasteiger partial charge >= 0.3 is 0 Å². The highest BCUT2D eigenvalue weighted by Crippen LogP contribution is 2.25. The van der Waals surface area contributed by atoms with Crippen LogP contribution in [0.3, 0.4) is 0 Å². The van der Waals surface area contributed by atoms with Gasteiger partial charge in [0, 0.05) is 12.0 Å². The molecule has 1 aromatic rings. The van der Waals surface area contributed by atoms with Crippen molar-refractivity contribution >= 4 is 16.7 Å². The molecule has 1 aromatic carbocycles. The van der Waals surface area contributed by atoms with Crippen molar-refractivity contribution in [3.05, 3.63) is 35.4 Å². The van der Waals surface area contributed by atoms with Crippen LogP contribution in [0, 0.1) is 0 Å². The van der Waals surface area contributed by atoms with Crippen molar-refractivity contribution in [2.45, 2.75) is 11.7 Å². The number of benzene rings is 1. The quantitative estimate of drug-likeness (QED) is 0.620. The van der Waals surface area contributed by atoms with Gasteiger partial charge < -0.3 is 0 Å². The SMILES string of the molecule is C[S+](C)C1Cc2ccccc2C1=O. The summed E-state index contributed by atoms with van der Waals surface area (Å²) in [4.78, 5) is 11.8. The van der Waals surface area contributed by atoms with Crippen LogP contribution in [-0.4, -0.2) is 23.5 Å². The van der Waals surface area contributed by atoms with E-state index in [0.29, 0.717) is 5.78 Å². The van der Waals surface area contributed by atoms with Crippen LogP contribution in [0.25, 0.3) is 0 Å². The molecule has 0 radical (unpaired) electrons. The predicted molar refractivity (Wildman–Crippen MR) is 57.5 cm³/mol. The van der Waals surface area contributed by atoms with E-state index in [9.17, 15) is 4.79 Å². The summed E-state index contributed by atoms with van der Waals surface area (Å²) in [7, 11) is 0.203. The Morgan fingerprint density at radius 2 is 2.00 bits per heavy atom. The molecular weight excluding hydrogens is 180 g/mol. The van der Waals surface area contributed by atoms with Gasteiger partial charge in [-0.1, -0.05) is 24.3 Å². The Labute approximate surface area is 81.5 Å². The van der Waals surface area contributed by atoms with Gasteiger partial charge in [0.15, 0.2) is 5.25 Å². The molecule has 2 rings (SSSR count). The highest BCUT2D eigenvalue weighted by Gasteiger charge is 2.38. The number of hydrogen-bond donors (Lipinski definition) is 0. The zero-order chi connectivity index (χ0) is 9.42. The van der Waals surface area contributed by atoms with Gasteiger partial charge in [-0.2, -0.15) is 0 Å². The minimum Gasteiger partial charge on any atom is -0.288 e. The molecule has 1 atom stereocenters. The lowest BCUT2D eigenvalue weighted by Gasteiger charge is -2.02. The molecule has 1 unspecified atom stereocenters. The van der Waals surface area contributed by atoms with Gasteiger partial charge in [-0.05, 0) is 16.5 Å². The fraction of sp³-hybridized carbons (Fsp3) is 0.364. The van der Waals surface area contributed by atoms with E-state index < -0.39 is 0 Å². The summed E-state index contributed by atoms with van der Waals surface area (Å²) in [5.41, 5.74) is 2.19. The highest BCUT2D eigenvalue weighted by molar-refractivity contribution is 7.96. The number of fused-ring (bicyclic) bond motifs is 1. The van der Waals surface area contributed by atoms with Crippen molar-refractivity contribution in [2.75, 3.05) is 12.5 Å². The minimum atomic E-state index is 0.203. The summed E-state index contributed by atoms with van der Waals surface area (Å²) in [6.07, 6.45) is 5.24. The number of hydrogen-bond acceptors (Lipinski definition) is 1. The van der Waals surface area contributed by atoms with Gasteiger partial charge in [0.25, 0.3) is 0 Å². The third kappa shape index (κ3) is 1.39. The normalized spacial score (nSPS) is 20.8. The Kier molecular flexibility index (Phi) is 2.16. The van der Waals surface area contributed by atoms with Gasteiger partial charge in [0.05, 0.1) is 12.5 Å². The Balaban J connectivity index is 2.38. The van der Waals surface area contributed by atoms with Gasteiger partial charge in [-0.25, -0.2) is 0 Å². The van der Waals surface area contributed by atoms with Crippen LogP contribution < -0.4 is 0 Å². The molecule has 0 bridgehead atoms. The lowest BCUT2D eigenvalue weighted by molar-refractivity contribution is 0.0999. The van der Waals surface area contributed by atoms with E-state index in [1.807, 2.05) is 18.2 Å². The first kappa shape index (κ1) is 8.82. The van der Waals surface area contributed by atoms with Crippen LogP contribution in [0.5, 0.6) is 0 Å². The molecule has 0 amide bonds. The van der Waals surface area contributed by atoms with E-state index in [-0.39, 0.29) is 16.1 Å². The lowest BCUT2D eigenvalue weighted by atomic mass is 10.1. The van der Waals surface area contributed by atoms with Crippen molar-refractivity contribution in [1.82, 2.24) is 0 Å². The Hall–Kier alpha value is -0.760. The molecule has 0 fully saturated rings. The molecular formula is C11H13OS+. The first-order chi connectivity index (χ1) is 6.20. The number of rotatable bonds is 1. The number of ketones is 1.